The molecule has 0 spiro atoms. The van der Waals surface area contributed by atoms with Crippen LogP contribution in [-0.4, -0.2) is 21.1 Å². The molecule has 4 aromatic rings. The van der Waals surface area contributed by atoms with E-state index in [0.717, 1.165) is 5.56 Å². The van der Waals surface area contributed by atoms with Crippen molar-refractivity contribution in [2.75, 3.05) is 5.32 Å². The third-order valence-electron chi connectivity index (χ3n) is 3.65. The summed E-state index contributed by atoms with van der Waals surface area (Å²) in [7, 11) is 0. The maximum Gasteiger partial charge on any atom is 0.322 e. The van der Waals surface area contributed by atoms with Gasteiger partial charge in [0, 0.05) is 23.5 Å². The Morgan fingerprint density at radius 3 is 2.48 bits per heavy atom. The molecule has 0 saturated carbocycles. The molecule has 27 heavy (non-hydrogen) atoms. The minimum absolute atomic E-state index is 0.0150. The van der Waals surface area contributed by atoms with Crippen molar-refractivity contribution >= 4 is 11.9 Å². The Balaban J connectivity index is 1.47. The Labute approximate surface area is 154 Å². The number of carbonyl (C=O) groups is 1. The van der Waals surface area contributed by atoms with E-state index in [1.54, 1.807) is 48.8 Å². The van der Waals surface area contributed by atoms with Crippen molar-refractivity contribution < 1.29 is 13.9 Å². The molecule has 1 amide bonds. The summed E-state index contributed by atoms with van der Waals surface area (Å²) in [5.41, 5.74) is 1.13. The zero-order valence-corrected chi connectivity index (χ0v) is 14.1. The number of pyridine rings is 1. The van der Waals surface area contributed by atoms with Crippen molar-refractivity contribution in [1.29, 1.82) is 0 Å². The van der Waals surface area contributed by atoms with Crippen LogP contribution in [-0.2, 0) is 0 Å². The highest BCUT2D eigenvalue weighted by molar-refractivity contribution is 6.03. The molecule has 0 bridgehead atoms. The van der Waals surface area contributed by atoms with Gasteiger partial charge in [0.2, 0.25) is 5.89 Å². The van der Waals surface area contributed by atoms with E-state index in [0.29, 0.717) is 23.0 Å². The second-order valence-electron chi connectivity index (χ2n) is 5.55. The molecule has 2 aromatic carbocycles. The van der Waals surface area contributed by atoms with Gasteiger partial charge >= 0.3 is 6.01 Å². The number of carbonyl (C=O) groups excluding carboxylic acids is 1. The van der Waals surface area contributed by atoms with Gasteiger partial charge in [0.1, 0.15) is 11.5 Å². The van der Waals surface area contributed by atoms with Crippen LogP contribution in [0.1, 0.15) is 10.4 Å². The first-order valence-corrected chi connectivity index (χ1v) is 8.16. The maximum atomic E-state index is 12.5. The molecular weight excluding hydrogens is 344 g/mol. The average molecular weight is 358 g/mol. The third kappa shape index (κ3) is 3.98. The number of anilines is 1. The molecule has 7 nitrogen and oxygen atoms in total. The van der Waals surface area contributed by atoms with Crippen LogP contribution in [0.25, 0.3) is 11.5 Å². The number of para-hydroxylation sites is 1. The molecule has 0 atom stereocenters. The van der Waals surface area contributed by atoms with E-state index in [4.69, 9.17) is 9.15 Å². The SMILES string of the molecule is O=C(Nc1nnc(-c2ccncc2)o1)c1cccc(Oc2ccccc2)c1. The van der Waals surface area contributed by atoms with Crippen LogP contribution < -0.4 is 10.1 Å². The number of benzene rings is 2. The molecule has 2 aromatic heterocycles. The van der Waals surface area contributed by atoms with E-state index >= 15 is 0 Å². The molecule has 0 saturated heterocycles. The molecule has 0 fully saturated rings. The van der Waals surface area contributed by atoms with E-state index < -0.39 is 0 Å². The van der Waals surface area contributed by atoms with Gasteiger partial charge in [-0.25, -0.2) is 0 Å². The molecular formula is C20H14N4O3. The van der Waals surface area contributed by atoms with Crippen molar-refractivity contribution in [3.63, 3.8) is 0 Å². The normalized spacial score (nSPS) is 10.4. The van der Waals surface area contributed by atoms with E-state index in [2.05, 4.69) is 20.5 Å². The topological polar surface area (TPSA) is 90.1 Å². The summed E-state index contributed by atoms with van der Waals surface area (Å²) >= 11 is 0. The fraction of sp³-hybridized carbons (Fsp3) is 0. The summed E-state index contributed by atoms with van der Waals surface area (Å²) in [6.45, 7) is 0. The van der Waals surface area contributed by atoms with E-state index in [9.17, 15) is 4.79 Å². The van der Waals surface area contributed by atoms with Crippen molar-refractivity contribution in [1.82, 2.24) is 15.2 Å². The van der Waals surface area contributed by atoms with Gasteiger partial charge in [0.05, 0.1) is 0 Å². The first-order chi connectivity index (χ1) is 13.3. The summed E-state index contributed by atoms with van der Waals surface area (Å²) in [6.07, 6.45) is 3.24. The summed E-state index contributed by atoms with van der Waals surface area (Å²) in [5, 5.41) is 10.4. The summed E-state index contributed by atoms with van der Waals surface area (Å²) in [6, 6.07) is 19.7. The van der Waals surface area contributed by atoms with Crippen molar-refractivity contribution in [2.45, 2.75) is 0 Å². The summed E-state index contributed by atoms with van der Waals surface area (Å²) in [5.74, 6) is 1.16. The molecule has 0 aliphatic heterocycles. The largest absolute Gasteiger partial charge is 0.457 e. The molecule has 1 N–H and O–H groups in total. The van der Waals surface area contributed by atoms with E-state index in [1.807, 2.05) is 30.3 Å². The third-order valence-corrected chi connectivity index (χ3v) is 3.65. The van der Waals surface area contributed by atoms with Gasteiger partial charge < -0.3 is 9.15 Å². The second kappa shape index (κ2) is 7.49. The minimum atomic E-state index is -0.376. The Morgan fingerprint density at radius 2 is 1.67 bits per heavy atom. The highest BCUT2D eigenvalue weighted by Gasteiger charge is 2.13. The van der Waals surface area contributed by atoms with Crippen LogP contribution in [0.2, 0.25) is 0 Å². The number of nitrogens with zero attached hydrogens (tertiary/aromatic N) is 3. The average Bonchev–Trinajstić information content (AvgIpc) is 3.18. The molecule has 0 radical (unpaired) electrons. The minimum Gasteiger partial charge on any atom is -0.457 e. The van der Waals surface area contributed by atoms with Crippen molar-refractivity contribution in [2.24, 2.45) is 0 Å². The highest BCUT2D eigenvalue weighted by atomic mass is 16.5. The molecule has 4 rings (SSSR count). The number of amides is 1. The maximum absolute atomic E-state index is 12.5. The van der Waals surface area contributed by atoms with Gasteiger partial charge in [0.15, 0.2) is 0 Å². The fourth-order valence-electron chi connectivity index (χ4n) is 2.38. The summed E-state index contributed by atoms with van der Waals surface area (Å²) < 4.78 is 11.2. The zero-order chi connectivity index (χ0) is 18.5. The highest BCUT2D eigenvalue weighted by Crippen LogP contribution is 2.23. The molecule has 132 valence electrons. The zero-order valence-electron chi connectivity index (χ0n) is 14.1. The lowest BCUT2D eigenvalue weighted by Crippen LogP contribution is -2.12. The quantitative estimate of drug-likeness (QED) is 0.576. The van der Waals surface area contributed by atoms with Gasteiger partial charge in [-0.15, -0.1) is 5.10 Å². The lowest BCUT2D eigenvalue weighted by Gasteiger charge is -2.07. The monoisotopic (exact) mass is 358 g/mol. The van der Waals surface area contributed by atoms with Gasteiger partial charge in [-0.05, 0) is 42.5 Å². The number of ether oxygens (including phenoxy) is 1. The number of hydrogen-bond acceptors (Lipinski definition) is 6. The number of rotatable bonds is 5. The van der Waals surface area contributed by atoms with Crippen LogP contribution in [0.5, 0.6) is 11.5 Å². The number of nitrogens with one attached hydrogen (secondary N) is 1. The van der Waals surface area contributed by atoms with Gasteiger partial charge in [-0.3, -0.25) is 15.1 Å². The Hall–Kier alpha value is -4.00. The van der Waals surface area contributed by atoms with Crippen LogP contribution in [0.3, 0.4) is 0 Å². The van der Waals surface area contributed by atoms with Crippen LogP contribution in [0, 0.1) is 0 Å². The lowest BCUT2D eigenvalue weighted by atomic mass is 10.2. The van der Waals surface area contributed by atoms with Crippen LogP contribution in [0.15, 0.2) is 83.5 Å². The smallest absolute Gasteiger partial charge is 0.322 e. The van der Waals surface area contributed by atoms with E-state index in [-0.39, 0.29) is 11.9 Å². The molecule has 0 aliphatic rings. The Kier molecular flexibility index (Phi) is 4.57. The molecule has 7 heteroatoms. The number of hydrogen-bond donors (Lipinski definition) is 1. The predicted octanol–water partition coefficient (Wildman–Crippen LogP) is 4.18. The van der Waals surface area contributed by atoms with Crippen molar-refractivity contribution in [3.05, 3.63) is 84.7 Å². The fourth-order valence-corrected chi connectivity index (χ4v) is 2.38. The van der Waals surface area contributed by atoms with Gasteiger partial charge in [-0.2, -0.15) is 0 Å². The standard InChI is InChI=1S/C20H14N4O3/c25-18(22-20-24-23-19(27-20)14-9-11-21-12-10-14)15-5-4-8-17(13-15)26-16-6-2-1-3-7-16/h1-13H,(H,22,24,25). The second-order valence-corrected chi connectivity index (χ2v) is 5.55. The first kappa shape index (κ1) is 16.5. The van der Waals surface area contributed by atoms with Crippen LogP contribution >= 0.6 is 0 Å². The first-order valence-electron chi connectivity index (χ1n) is 8.16. The number of aromatic nitrogens is 3. The molecule has 0 unspecified atom stereocenters. The molecule has 2 heterocycles. The van der Waals surface area contributed by atoms with Gasteiger partial charge in [-0.1, -0.05) is 29.4 Å². The van der Waals surface area contributed by atoms with E-state index in [1.165, 1.54) is 0 Å². The predicted molar refractivity (Wildman–Crippen MR) is 98.4 cm³/mol. The van der Waals surface area contributed by atoms with Crippen molar-refractivity contribution in [3.8, 4) is 23.0 Å². The lowest BCUT2D eigenvalue weighted by molar-refractivity contribution is 0.102. The summed E-state index contributed by atoms with van der Waals surface area (Å²) in [4.78, 5) is 16.4. The van der Waals surface area contributed by atoms with Crippen LogP contribution in [0.4, 0.5) is 6.01 Å². The van der Waals surface area contributed by atoms with Gasteiger partial charge in [0.25, 0.3) is 5.91 Å². The Bertz CT molecular complexity index is 1050. The Morgan fingerprint density at radius 1 is 0.889 bits per heavy atom. The molecule has 0 aliphatic carbocycles.